The highest BCUT2D eigenvalue weighted by molar-refractivity contribution is 5.96. The number of fused-ring (bicyclic) bond motifs is 7. The molecule has 0 radical (unpaired) electrons. The molecule has 5 nitrogen and oxygen atoms in total. The van der Waals surface area contributed by atoms with Crippen LogP contribution in [0.15, 0.2) is 42.0 Å². The Morgan fingerprint density at radius 3 is 2.24 bits per heavy atom. The van der Waals surface area contributed by atoms with Crippen LogP contribution in [0.3, 0.4) is 0 Å². The summed E-state index contributed by atoms with van der Waals surface area (Å²) in [4.78, 5) is 40.6. The van der Waals surface area contributed by atoms with E-state index in [0.717, 1.165) is 44.1 Å². The summed E-state index contributed by atoms with van der Waals surface area (Å²) in [7, 11) is 0. The van der Waals surface area contributed by atoms with Crippen molar-refractivity contribution in [3.05, 3.63) is 47.5 Å². The number of rotatable bonds is 3. The first kappa shape index (κ1) is 29.6. The van der Waals surface area contributed by atoms with E-state index in [-0.39, 0.29) is 63.2 Å². The average Bonchev–Trinajstić information content (AvgIpc) is 2.93. The minimum Gasteiger partial charge on any atom is -0.481 e. The van der Waals surface area contributed by atoms with Crippen molar-refractivity contribution in [1.82, 2.24) is 0 Å². The summed E-state index contributed by atoms with van der Waals surface area (Å²) in [5, 5.41) is 10.6. The zero-order valence-electron chi connectivity index (χ0n) is 26.7. The summed E-state index contributed by atoms with van der Waals surface area (Å²) >= 11 is 0. The molecule has 1 N–H and O–H groups in total. The van der Waals surface area contributed by atoms with E-state index in [0.29, 0.717) is 24.3 Å². The van der Waals surface area contributed by atoms with Crippen molar-refractivity contribution in [3.8, 4) is 0 Å². The van der Waals surface area contributed by atoms with Crippen LogP contribution in [0, 0.1) is 56.7 Å². The largest absolute Gasteiger partial charge is 0.481 e. The molecule has 0 heterocycles. The molecule has 5 aliphatic carbocycles. The van der Waals surface area contributed by atoms with E-state index in [1.807, 2.05) is 24.3 Å². The molecule has 0 aromatic heterocycles. The zero-order chi connectivity index (χ0) is 30.5. The van der Waals surface area contributed by atoms with Crippen LogP contribution >= 0.6 is 0 Å². The van der Waals surface area contributed by atoms with E-state index in [1.165, 1.54) is 0 Å². The molecule has 0 bridgehead atoms. The highest BCUT2D eigenvalue weighted by atomic mass is 16.5. The molecular formula is C37H50O5. The predicted octanol–water partition coefficient (Wildman–Crippen LogP) is 8.13. The molecule has 0 amide bonds. The normalized spacial score (nSPS) is 45.8. The van der Waals surface area contributed by atoms with Crippen molar-refractivity contribution >= 4 is 17.7 Å². The highest BCUT2D eigenvalue weighted by Gasteiger charge is 2.71. The molecule has 1 aromatic rings. The molecule has 6 rings (SSSR count). The van der Waals surface area contributed by atoms with E-state index in [9.17, 15) is 19.5 Å². The van der Waals surface area contributed by atoms with E-state index in [2.05, 4.69) is 48.5 Å². The fraction of sp³-hybridized carbons (Fsp3) is 0.703. The molecule has 4 fully saturated rings. The van der Waals surface area contributed by atoms with Gasteiger partial charge in [0, 0.05) is 11.3 Å². The van der Waals surface area contributed by atoms with Crippen LogP contribution in [-0.4, -0.2) is 28.9 Å². The third-order valence-electron chi connectivity index (χ3n) is 14.4. The van der Waals surface area contributed by atoms with Gasteiger partial charge in [0.25, 0.3) is 0 Å². The minimum atomic E-state index is -0.759. The molecule has 1 aromatic carbocycles. The lowest BCUT2D eigenvalue weighted by Gasteiger charge is -2.70. The van der Waals surface area contributed by atoms with Crippen LogP contribution in [0.25, 0.3) is 0 Å². The number of ether oxygens (including phenoxy) is 1. The number of carbonyl (C=O) groups excluding carboxylic acids is 2. The summed E-state index contributed by atoms with van der Waals surface area (Å²) in [6.45, 7) is 16.0. The van der Waals surface area contributed by atoms with Gasteiger partial charge in [-0.1, -0.05) is 72.2 Å². The standard InChI is InChI=1S/C37H50O5/c1-22-13-18-37(32(40)41)20-19-35(6)25(29(37)23(22)2)21-26(38)30-34(5)16-15-28(42-31(39)24-11-9-8-10-12-24)33(3,4)27(34)14-17-36(30,35)7/h8-12,21-23,27-30H,13-20H2,1-7H3,(H,40,41). The van der Waals surface area contributed by atoms with Crippen LogP contribution in [0.1, 0.15) is 110 Å². The number of carboxylic acid groups (broad SMARTS) is 1. The second kappa shape index (κ2) is 9.53. The number of benzene rings is 1. The lowest BCUT2D eigenvalue weighted by molar-refractivity contribution is -0.205. The highest BCUT2D eigenvalue weighted by Crippen LogP contribution is 2.75. The second-order valence-corrected chi connectivity index (χ2v) is 16.2. The molecular weight excluding hydrogens is 524 g/mol. The van der Waals surface area contributed by atoms with Gasteiger partial charge in [0.1, 0.15) is 6.10 Å². The third kappa shape index (κ3) is 3.76. The Morgan fingerprint density at radius 2 is 1.57 bits per heavy atom. The summed E-state index contributed by atoms with van der Waals surface area (Å²) in [5.74, 6) is -0.0435. The first-order valence-corrected chi connectivity index (χ1v) is 16.4. The Labute approximate surface area is 251 Å². The number of carboxylic acids is 1. The van der Waals surface area contributed by atoms with Crippen molar-refractivity contribution in [3.63, 3.8) is 0 Å². The Balaban J connectivity index is 1.37. The number of ketones is 1. The van der Waals surface area contributed by atoms with E-state index < -0.39 is 11.4 Å². The van der Waals surface area contributed by atoms with Gasteiger partial charge < -0.3 is 9.84 Å². The van der Waals surface area contributed by atoms with Crippen molar-refractivity contribution in [2.24, 2.45) is 56.7 Å². The Morgan fingerprint density at radius 1 is 0.881 bits per heavy atom. The summed E-state index contributed by atoms with van der Waals surface area (Å²) in [6.07, 6.45) is 8.41. The quantitative estimate of drug-likeness (QED) is 0.369. The van der Waals surface area contributed by atoms with Crippen LogP contribution in [0.4, 0.5) is 0 Å². The maximum absolute atomic E-state index is 14.6. The Bertz CT molecular complexity index is 1330. The van der Waals surface area contributed by atoms with Gasteiger partial charge in [-0.05, 0) is 109 Å². The maximum atomic E-state index is 14.6. The maximum Gasteiger partial charge on any atom is 0.338 e. The number of hydrogen-bond donors (Lipinski definition) is 1. The minimum absolute atomic E-state index is 0.0886. The number of hydrogen-bond acceptors (Lipinski definition) is 4. The lowest BCUT2D eigenvalue weighted by Crippen LogP contribution is -2.67. The van der Waals surface area contributed by atoms with E-state index in [1.54, 1.807) is 12.1 Å². The van der Waals surface area contributed by atoms with Crippen LogP contribution in [-0.2, 0) is 14.3 Å². The number of esters is 1. The van der Waals surface area contributed by atoms with Crippen LogP contribution in [0.5, 0.6) is 0 Å². The molecule has 0 aliphatic heterocycles. The Hall–Kier alpha value is -2.43. The molecule has 10 atom stereocenters. The van der Waals surface area contributed by atoms with Gasteiger partial charge >= 0.3 is 11.9 Å². The monoisotopic (exact) mass is 574 g/mol. The number of aliphatic carboxylic acids is 1. The van der Waals surface area contributed by atoms with Gasteiger partial charge in [-0.15, -0.1) is 0 Å². The molecule has 42 heavy (non-hydrogen) atoms. The van der Waals surface area contributed by atoms with Gasteiger partial charge in [0.05, 0.1) is 11.0 Å². The fourth-order valence-electron chi connectivity index (χ4n) is 11.6. The lowest BCUT2D eigenvalue weighted by atomic mass is 9.33. The first-order chi connectivity index (χ1) is 19.6. The van der Waals surface area contributed by atoms with E-state index in [4.69, 9.17) is 4.74 Å². The van der Waals surface area contributed by atoms with Gasteiger partial charge in [-0.25, -0.2) is 4.79 Å². The van der Waals surface area contributed by atoms with Gasteiger partial charge in [-0.3, -0.25) is 9.59 Å². The molecule has 228 valence electrons. The summed E-state index contributed by atoms with van der Waals surface area (Å²) in [5.41, 5.74) is 0.00900. The summed E-state index contributed by atoms with van der Waals surface area (Å²) < 4.78 is 6.20. The smallest absolute Gasteiger partial charge is 0.338 e. The predicted molar refractivity (Wildman–Crippen MR) is 163 cm³/mol. The Kier molecular flexibility index (Phi) is 6.73. The molecule has 0 saturated heterocycles. The number of carbonyl (C=O) groups is 3. The number of allylic oxidation sites excluding steroid dienone is 2. The SMILES string of the molecule is CC1CCC2(C(=O)O)CCC3(C)C(=CC(=O)C4C5(C)CCC(OC(=O)c6ccccc6)C(C)(C)C5CCC43C)C2C1C. The van der Waals surface area contributed by atoms with Crippen molar-refractivity contribution in [1.29, 1.82) is 0 Å². The van der Waals surface area contributed by atoms with Crippen LogP contribution in [0.2, 0.25) is 0 Å². The molecule has 10 unspecified atom stereocenters. The van der Waals surface area contributed by atoms with Crippen molar-refractivity contribution < 1.29 is 24.2 Å². The topological polar surface area (TPSA) is 80.7 Å². The molecule has 5 aliphatic rings. The fourth-order valence-corrected chi connectivity index (χ4v) is 11.6. The van der Waals surface area contributed by atoms with Crippen molar-refractivity contribution in [2.45, 2.75) is 106 Å². The zero-order valence-corrected chi connectivity index (χ0v) is 26.7. The van der Waals surface area contributed by atoms with Gasteiger partial charge in [0.15, 0.2) is 5.78 Å². The molecule has 0 spiro atoms. The van der Waals surface area contributed by atoms with Gasteiger partial charge in [0.2, 0.25) is 0 Å². The first-order valence-electron chi connectivity index (χ1n) is 16.4. The van der Waals surface area contributed by atoms with Crippen molar-refractivity contribution in [2.75, 3.05) is 0 Å². The van der Waals surface area contributed by atoms with Crippen LogP contribution < -0.4 is 0 Å². The molecule has 4 saturated carbocycles. The van der Waals surface area contributed by atoms with Gasteiger partial charge in [-0.2, -0.15) is 0 Å². The van der Waals surface area contributed by atoms with E-state index >= 15 is 0 Å². The summed E-state index contributed by atoms with van der Waals surface area (Å²) in [6, 6.07) is 9.22. The molecule has 5 heteroatoms. The third-order valence-corrected chi connectivity index (χ3v) is 14.4. The second-order valence-electron chi connectivity index (χ2n) is 16.2. The average molecular weight is 575 g/mol.